The number of nitrogens with one attached hydrogen (secondary N) is 2. The first-order chi connectivity index (χ1) is 12.3. The quantitative estimate of drug-likeness (QED) is 0.852. The fourth-order valence-corrected chi connectivity index (χ4v) is 5.03. The number of methoxy groups -OCH3 is 1. The summed E-state index contributed by atoms with van der Waals surface area (Å²) in [5.74, 6) is 1.55. The van der Waals surface area contributed by atoms with E-state index in [2.05, 4.69) is 31.8 Å². The summed E-state index contributed by atoms with van der Waals surface area (Å²) in [6, 6.07) is 2.90. The van der Waals surface area contributed by atoms with Gasteiger partial charge in [0.1, 0.15) is 12.1 Å². The van der Waals surface area contributed by atoms with Crippen LogP contribution in [-0.2, 0) is 9.47 Å². The first-order valence-electron chi connectivity index (χ1n) is 9.56. The highest BCUT2D eigenvalue weighted by Crippen LogP contribution is 2.39. The summed E-state index contributed by atoms with van der Waals surface area (Å²) in [6.45, 7) is 1.89. The summed E-state index contributed by atoms with van der Waals surface area (Å²) < 4.78 is 11.6. The Labute approximate surface area is 148 Å². The summed E-state index contributed by atoms with van der Waals surface area (Å²) in [5.41, 5.74) is 8.04. The zero-order valence-corrected chi connectivity index (χ0v) is 14.7. The molecule has 1 aromatic rings. The van der Waals surface area contributed by atoms with Crippen molar-refractivity contribution < 1.29 is 9.47 Å². The van der Waals surface area contributed by atoms with Gasteiger partial charge in [0.05, 0.1) is 30.0 Å². The second kappa shape index (κ2) is 6.46. The Bertz CT molecular complexity index is 617. The number of anilines is 1. The Morgan fingerprint density at radius 2 is 1.96 bits per heavy atom. The molecule has 6 unspecified atom stereocenters. The van der Waals surface area contributed by atoms with E-state index in [4.69, 9.17) is 9.47 Å². The van der Waals surface area contributed by atoms with Crippen molar-refractivity contribution in [1.82, 2.24) is 20.8 Å². The molecule has 4 aliphatic rings. The molecule has 1 aliphatic carbocycles. The molecule has 0 amide bonds. The maximum atomic E-state index is 5.95. The largest absolute Gasteiger partial charge is 0.381 e. The lowest BCUT2D eigenvalue weighted by Gasteiger charge is -2.34. The smallest absolute Gasteiger partial charge is 0.132 e. The molecular formula is C18H27N5O2. The maximum absolute atomic E-state index is 5.95. The van der Waals surface area contributed by atoms with Crippen molar-refractivity contribution in [2.75, 3.05) is 25.1 Å². The molecule has 3 saturated heterocycles. The lowest BCUT2D eigenvalue weighted by Crippen LogP contribution is -2.43. The third-order valence-corrected chi connectivity index (χ3v) is 6.40. The van der Waals surface area contributed by atoms with Crippen molar-refractivity contribution >= 4 is 5.82 Å². The van der Waals surface area contributed by atoms with E-state index in [9.17, 15) is 0 Å². The van der Waals surface area contributed by atoms with Gasteiger partial charge in [0.25, 0.3) is 0 Å². The molecule has 4 fully saturated rings. The van der Waals surface area contributed by atoms with Gasteiger partial charge in [0, 0.05) is 38.2 Å². The second-order valence-electron chi connectivity index (χ2n) is 7.87. The van der Waals surface area contributed by atoms with Crippen LogP contribution >= 0.6 is 0 Å². The maximum Gasteiger partial charge on any atom is 0.132 e. The molecule has 2 bridgehead atoms. The van der Waals surface area contributed by atoms with Crippen LogP contribution in [0.25, 0.3) is 0 Å². The van der Waals surface area contributed by atoms with E-state index in [1.54, 1.807) is 6.33 Å². The van der Waals surface area contributed by atoms with Crippen LogP contribution in [0.1, 0.15) is 43.8 Å². The predicted molar refractivity (Wildman–Crippen MR) is 93.1 cm³/mol. The molecule has 6 atom stereocenters. The first kappa shape index (κ1) is 15.9. The van der Waals surface area contributed by atoms with Crippen molar-refractivity contribution in [3.63, 3.8) is 0 Å². The normalized spacial score (nSPS) is 40.3. The Balaban J connectivity index is 1.36. The zero-order valence-electron chi connectivity index (χ0n) is 14.7. The van der Waals surface area contributed by atoms with E-state index in [0.29, 0.717) is 30.3 Å². The van der Waals surface area contributed by atoms with Crippen molar-refractivity contribution in [3.8, 4) is 0 Å². The molecule has 7 heteroatoms. The van der Waals surface area contributed by atoms with E-state index in [-0.39, 0.29) is 6.04 Å². The minimum Gasteiger partial charge on any atom is -0.381 e. The van der Waals surface area contributed by atoms with Crippen molar-refractivity contribution in [3.05, 3.63) is 18.1 Å². The molecule has 4 heterocycles. The Kier molecular flexibility index (Phi) is 4.12. The molecule has 7 nitrogen and oxygen atoms in total. The van der Waals surface area contributed by atoms with E-state index >= 15 is 0 Å². The van der Waals surface area contributed by atoms with E-state index in [0.717, 1.165) is 43.9 Å². The number of hydrogen-bond donors (Lipinski definition) is 2. The molecule has 1 aromatic heterocycles. The minimum absolute atomic E-state index is 0.225. The van der Waals surface area contributed by atoms with Gasteiger partial charge in [-0.3, -0.25) is 5.43 Å². The monoisotopic (exact) mass is 345 g/mol. The van der Waals surface area contributed by atoms with Gasteiger partial charge in [0.15, 0.2) is 0 Å². The fraction of sp³-hybridized carbons (Fsp3) is 0.778. The van der Waals surface area contributed by atoms with Crippen LogP contribution in [0, 0.1) is 5.92 Å². The number of hydrogen-bond acceptors (Lipinski definition) is 7. The van der Waals surface area contributed by atoms with Crippen molar-refractivity contribution in [2.24, 2.45) is 5.92 Å². The van der Waals surface area contributed by atoms with E-state index in [1.165, 1.54) is 12.8 Å². The van der Waals surface area contributed by atoms with Gasteiger partial charge < -0.3 is 14.4 Å². The van der Waals surface area contributed by atoms with Crippen LogP contribution in [0.2, 0.25) is 0 Å². The Hall–Kier alpha value is -1.28. The van der Waals surface area contributed by atoms with Crippen LogP contribution in [0.4, 0.5) is 5.82 Å². The highest BCUT2D eigenvalue weighted by atomic mass is 16.5. The molecule has 0 aromatic carbocycles. The highest BCUT2D eigenvalue weighted by molar-refractivity contribution is 5.41. The number of morpholine rings is 1. The fourth-order valence-electron chi connectivity index (χ4n) is 5.03. The molecule has 3 aliphatic heterocycles. The average molecular weight is 345 g/mol. The van der Waals surface area contributed by atoms with Crippen LogP contribution in [-0.4, -0.2) is 54.5 Å². The van der Waals surface area contributed by atoms with E-state index in [1.807, 2.05) is 7.11 Å². The van der Waals surface area contributed by atoms with Gasteiger partial charge in [-0.15, -0.1) is 0 Å². The standard InChI is InChI=1S/C18H27N5O2/c1-24-11-4-5-15-14(6-11)18(22-21-15)16-7-17(20-10-19-16)23-8-12-2-3-13(9-23)25-12/h7,10-15,18,21-22H,2-6,8-9H2,1H3. The van der Waals surface area contributed by atoms with Gasteiger partial charge in [-0.2, -0.15) is 0 Å². The predicted octanol–water partition coefficient (Wildman–Crippen LogP) is 1.18. The number of fused-ring (bicyclic) bond motifs is 3. The Morgan fingerprint density at radius 1 is 1.12 bits per heavy atom. The SMILES string of the molecule is COC1CCC2NNC(c3cc(N4CC5CCC(C4)O5)ncn3)C2C1. The lowest BCUT2D eigenvalue weighted by atomic mass is 9.79. The van der Waals surface area contributed by atoms with Gasteiger partial charge >= 0.3 is 0 Å². The van der Waals surface area contributed by atoms with Crippen LogP contribution in [0.3, 0.4) is 0 Å². The Morgan fingerprint density at radius 3 is 2.76 bits per heavy atom. The van der Waals surface area contributed by atoms with Crippen molar-refractivity contribution in [2.45, 2.75) is 62.5 Å². The van der Waals surface area contributed by atoms with Crippen LogP contribution < -0.4 is 15.8 Å². The minimum atomic E-state index is 0.225. The second-order valence-corrected chi connectivity index (χ2v) is 7.87. The number of nitrogens with zero attached hydrogens (tertiary/aromatic N) is 3. The average Bonchev–Trinajstić information content (AvgIpc) is 3.23. The molecular weight excluding hydrogens is 318 g/mol. The van der Waals surface area contributed by atoms with E-state index < -0.39 is 0 Å². The lowest BCUT2D eigenvalue weighted by molar-refractivity contribution is 0.0302. The third kappa shape index (κ3) is 2.93. The molecule has 136 valence electrons. The van der Waals surface area contributed by atoms with Gasteiger partial charge in [0.2, 0.25) is 0 Å². The molecule has 25 heavy (non-hydrogen) atoms. The summed E-state index contributed by atoms with van der Waals surface area (Å²) in [6.07, 6.45) is 8.52. The topological polar surface area (TPSA) is 71.5 Å². The van der Waals surface area contributed by atoms with Crippen molar-refractivity contribution in [1.29, 1.82) is 0 Å². The number of rotatable bonds is 3. The third-order valence-electron chi connectivity index (χ3n) is 6.40. The summed E-state index contributed by atoms with van der Waals surface area (Å²) in [4.78, 5) is 11.5. The zero-order chi connectivity index (χ0) is 16.8. The number of hydrazine groups is 1. The first-order valence-corrected chi connectivity index (χ1v) is 9.56. The molecule has 5 rings (SSSR count). The van der Waals surface area contributed by atoms with Crippen LogP contribution in [0.5, 0.6) is 0 Å². The van der Waals surface area contributed by atoms with Crippen LogP contribution in [0.15, 0.2) is 12.4 Å². The van der Waals surface area contributed by atoms with Gasteiger partial charge in [-0.25, -0.2) is 15.4 Å². The highest BCUT2D eigenvalue weighted by Gasteiger charge is 2.42. The molecule has 0 spiro atoms. The summed E-state index contributed by atoms with van der Waals surface area (Å²) >= 11 is 0. The molecule has 0 radical (unpaired) electrons. The summed E-state index contributed by atoms with van der Waals surface area (Å²) in [5, 5.41) is 0. The van der Waals surface area contributed by atoms with Gasteiger partial charge in [-0.05, 0) is 32.1 Å². The van der Waals surface area contributed by atoms with Gasteiger partial charge in [-0.1, -0.05) is 0 Å². The number of aromatic nitrogens is 2. The molecule has 1 saturated carbocycles. The molecule has 2 N–H and O–H groups in total. The number of ether oxygens (including phenoxy) is 2. The summed E-state index contributed by atoms with van der Waals surface area (Å²) in [7, 11) is 1.82.